The number of nitrogen functional groups attached to an aromatic ring is 1. The lowest BCUT2D eigenvalue weighted by Crippen LogP contribution is -2.48. The molecule has 0 unspecified atom stereocenters. The van der Waals surface area contributed by atoms with E-state index in [1.807, 2.05) is 4.90 Å². The zero-order valence-corrected chi connectivity index (χ0v) is 10.1. The van der Waals surface area contributed by atoms with Crippen molar-refractivity contribution in [3.63, 3.8) is 0 Å². The van der Waals surface area contributed by atoms with Crippen LogP contribution in [-0.4, -0.2) is 59.3 Å². The van der Waals surface area contributed by atoms with Crippen molar-refractivity contribution in [1.29, 1.82) is 0 Å². The predicted octanol–water partition coefficient (Wildman–Crippen LogP) is -0.0995. The first-order chi connectivity index (χ1) is 8.63. The molecule has 2 heterocycles. The molecule has 1 fully saturated rings. The monoisotopic (exact) mass is 252 g/mol. The van der Waals surface area contributed by atoms with Gasteiger partial charge < -0.3 is 26.0 Å². The number of anilines is 3. The predicted molar refractivity (Wildman–Crippen MR) is 67.8 cm³/mol. The smallest absolute Gasteiger partial charge is 0.407 e. The molecule has 0 saturated carbocycles. The lowest BCUT2D eigenvalue weighted by molar-refractivity contribution is 0.142. The fraction of sp³-hybridized carbons (Fsp3) is 0.500. The molecule has 0 atom stereocenters. The maximum absolute atomic E-state index is 10.8. The van der Waals surface area contributed by atoms with Gasteiger partial charge in [0.1, 0.15) is 12.0 Å². The van der Waals surface area contributed by atoms with E-state index in [4.69, 9.17) is 10.8 Å². The van der Waals surface area contributed by atoms with Crippen LogP contribution in [0.1, 0.15) is 0 Å². The van der Waals surface area contributed by atoms with Crippen LogP contribution in [0.5, 0.6) is 0 Å². The van der Waals surface area contributed by atoms with Crippen LogP contribution in [0.25, 0.3) is 0 Å². The summed E-state index contributed by atoms with van der Waals surface area (Å²) in [6, 6.07) is 0. The number of carbonyl (C=O) groups is 1. The van der Waals surface area contributed by atoms with Gasteiger partial charge in [-0.25, -0.2) is 14.8 Å². The van der Waals surface area contributed by atoms with E-state index in [9.17, 15) is 4.79 Å². The summed E-state index contributed by atoms with van der Waals surface area (Å²) in [5, 5.41) is 11.8. The van der Waals surface area contributed by atoms with Crippen molar-refractivity contribution < 1.29 is 9.90 Å². The Balaban J connectivity index is 2.12. The molecule has 1 amide bonds. The molecule has 8 nitrogen and oxygen atoms in total. The molecule has 0 aromatic carbocycles. The van der Waals surface area contributed by atoms with Crippen molar-refractivity contribution in [1.82, 2.24) is 14.9 Å². The first-order valence-electron chi connectivity index (χ1n) is 5.64. The molecule has 8 heteroatoms. The second-order valence-corrected chi connectivity index (χ2v) is 3.97. The number of hydrogen-bond donors (Lipinski definition) is 3. The van der Waals surface area contributed by atoms with Gasteiger partial charge in [0, 0.05) is 33.2 Å². The van der Waals surface area contributed by atoms with Gasteiger partial charge in [0.15, 0.2) is 11.6 Å². The second-order valence-electron chi connectivity index (χ2n) is 3.97. The number of rotatable bonds is 2. The maximum Gasteiger partial charge on any atom is 0.407 e. The van der Waals surface area contributed by atoms with E-state index < -0.39 is 6.09 Å². The van der Waals surface area contributed by atoms with Gasteiger partial charge in [-0.3, -0.25) is 0 Å². The van der Waals surface area contributed by atoms with E-state index in [2.05, 4.69) is 15.3 Å². The molecule has 1 saturated heterocycles. The summed E-state index contributed by atoms with van der Waals surface area (Å²) in [4.78, 5) is 22.3. The summed E-state index contributed by atoms with van der Waals surface area (Å²) in [5.74, 6) is 1.24. The summed E-state index contributed by atoms with van der Waals surface area (Å²) in [6.45, 7) is 2.06. The highest BCUT2D eigenvalue weighted by atomic mass is 16.4. The van der Waals surface area contributed by atoms with E-state index >= 15 is 0 Å². The number of aromatic nitrogens is 2. The highest BCUT2D eigenvalue weighted by Gasteiger charge is 2.23. The highest BCUT2D eigenvalue weighted by Crippen LogP contribution is 2.26. The average Bonchev–Trinajstić information content (AvgIpc) is 2.39. The van der Waals surface area contributed by atoms with Crippen molar-refractivity contribution in [2.24, 2.45) is 0 Å². The summed E-state index contributed by atoms with van der Waals surface area (Å²) in [5.41, 5.74) is 6.45. The SMILES string of the molecule is CNc1ncnc(N2CCN(C(=O)O)CC2)c1N. The molecule has 0 aliphatic carbocycles. The van der Waals surface area contributed by atoms with Crippen LogP contribution in [0.15, 0.2) is 6.33 Å². The molecule has 4 N–H and O–H groups in total. The largest absolute Gasteiger partial charge is 0.465 e. The van der Waals surface area contributed by atoms with E-state index in [0.717, 1.165) is 0 Å². The van der Waals surface area contributed by atoms with Crippen LogP contribution < -0.4 is 16.0 Å². The van der Waals surface area contributed by atoms with Gasteiger partial charge in [-0.1, -0.05) is 0 Å². The topological polar surface area (TPSA) is 108 Å². The van der Waals surface area contributed by atoms with Crippen molar-refractivity contribution in [2.45, 2.75) is 0 Å². The molecule has 98 valence electrons. The number of piperazine rings is 1. The van der Waals surface area contributed by atoms with Crippen molar-refractivity contribution in [3.05, 3.63) is 6.33 Å². The summed E-state index contributed by atoms with van der Waals surface area (Å²) in [6.07, 6.45) is 0.558. The molecule has 1 aliphatic rings. The summed E-state index contributed by atoms with van der Waals surface area (Å²) < 4.78 is 0. The molecule has 0 spiro atoms. The molecular formula is C10H16N6O2. The van der Waals surface area contributed by atoms with Crippen LogP contribution in [0, 0.1) is 0 Å². The normalized spacial score (nSPS) is 15.6. The fourth-order valence-electron chi connectivity index (χ4n) is 1.95. The Morgan fingerprint density at radius 1 is 1.39 bits per heavy atom. The van der Waals surface area contributed by atoms with Gasteiger partial charge in [0.2, 0.25) is 0 Å². The number of carboxylic acid groups (broad SMARTS) is 1. The highest BCUT2D eigenvalue weighted by molar-refractivity contribution is 5.75. The minimum absolute atomic E-state index is 0.452. The minimum Gasteiger partial charge on any atom is -0.465 e. The number of nitrogens with one attached hydrogen (secondary N) is 1. The van der Waals surface area contributed by atoms with Crippen molar-refractivity contribution in [2.75, 3.05) is 49.2 Å². The quantitative estimate of drug-likeness (QED) is 0.674. The molecule has 18 heavy (non-hydrogen) atoms. The van der Waals surface area contributed by atoms with E-state index in [1.54, 1.807) is 7.05 Å². The van der Waals surface area contributed by atoms with Crippen LogP contribution in [-0.2, 0) is 0 Å². The van der Waals surface area contributed by atoms with Crippen molar-refractivity contribution >= 4 is 23.4 Å². The molecule has 1 aliphatic heterocycles. The number of amides is 1. The van der Waals surface area contributed by atoms with Gasteiger partial charge in [0.25, 0.3) is 0 Å². The number of nitrogens with zero attached hydrogens (tertiary/aromatic N) is 4. The fourth-order valence-corrected chi connectivity index (χ4v) is 1.95. The average molecular weight is 252 g/mol. The lowest BCUT2D eigenvalue weighted by Gasteiger charge is -2.34. The van der Waals surface area contributed by atoms with E-state index in [1.165, 1.54) is 11.2 Å². The van der Waals surface area contributed by atoms with Gasteiger partial charge in [-0.2, -0.15) is 0 Å². The Morgan fingerprint density at radius 3 is 2.61 bits per heavy atom. The Morgan fingerprint density at radius 2 is 2.06 bits per heavy atom. The number of hydrogen-bond acceptors (Lipinski definition) is 6. The van der Waals surface area contributed by atoms with Gasteiger partial charge in [-0.15, -0.1) is 0 Å². The molecule has 0 radical (unpaired) electrons. The maximum atomic E-state index is 10.8. The summed E-state index contributed by atoms with van der Waals surface area (Å²) in [7, 11) is 1.74. The first kappa shape index (κ1) is 12.2. The van der Waals surface area contributed by atoms with E-state index in [-0.39, 0.29) is 0 Å². The lowest BCUT2D eigenvalue weighted by atomic mass is 10.3. The Bertz CT molecular complexity index is 444. The van der Waals surface area contributed by atoms with Gasteiger partial charge >= 0.3 is 6.09 Å². The third kappa shape index (κ3) is 2.22. The molecule has 1 aromatic rings. The van der Waals surface area contributed by atoms with E-state index in [0.29, 0.717) is 43.5 Å². The minimum atomic E-state index is -0.888. The molecular weight excluding hydrogens is 236 g/mol. The van der Waals surface area contributed by atoms with Crippen molar-refractivity contribution in [3.8, 4) is 0 Å². The first-order valence-corrected chi connectivity index (χ1v) is 5.64. The Labute approximate surface area is 104 Å². The third-order valence-electron chi connectivity index (χ3n) is 2.95. The van der Waals surface area contributed by atoms with Crippen LogP contribution in [0.4, 0.5) is 22.1 Å². The molecule has 1 aromatic heterocycles. The number of nitrogens with two attached hydrogens (primary N) is 1. The van der Waals surface area contributed by atoms with Gasteiger partial charge in [-0.05, 0) is 0 Å². The standard InChI is InChI=1S/C10H16N6O2/c1-12-8-7(11)9(14-6-13-8)15-2-4-16(5-3-15)10(17)18/h6H,2-5,11H2,1H3,(H,17,18)(H,12,13,14). The van der Waals surface area contributed by atoms with Gasteiger partial charge in [0.05, 0.1) is 0 Å². The molecule has 0 bridgehead atoms. The zero-order valence-electron chi connectivity index (χ0n) is 10.1. The zero-order chi connectivity index (χ0) is 13.1. The van der Waals surface area contributed by atoms with Crippen LogP contribution in [0.3, 0.4) is 0 Å². The molecule has 2 rings (SSSR count). The second kappa shape index (κ2) is 4.94. The Hall–Kier alpha value is -2.25. The van der Waals surface area contributed by atoms with Crippen LogP contribution in [0.2, 0.25) is 0 Å². The third-order valence-corrected chi connectivity index (χ3v) is 2.95. The van der Waals surface area contributed by atoms with Crippen LogP contribution >= 0.6 is 0 Å². The Kier molecular flexibility index (Phi) is 3.35. The summed E-state index contributed by atoms with van der Waals surface area (Å²) >= 11 is 0.